The second-order valence-electron chi connectivity index (χ2n) is 4.23. The van der Waals surface area contributed by atoms with E-state index in [4.69, 9.17) is 0 Å². The zero-order valence-corrected chi connectivity index (χ0v) is 11.7. The van der Waals surface area contributed by atoms with Crippen LogP contribution in [0.2, 0.25) is 0 Å². The fraction of sp³-hybridized carbons (Fsp3) is 0.500. The number of alkyl halides is 6. The van der Waals surface area contributed by atoms with Crippen molar-refractivity contribution >= 4 is 11.6 Å². The van der Waals surface area contributed by atoms with Gasteiger partial charge >= 0.3 is 12.4 Å². The lowest BCUT2D eigenvalue weighted by Crippen LogP contribution is -2.28. The van der Waals surface area contributed by atoms with Crippen molar-refractivity contribution in [1.82, 2.24) is 10.6 Å². The van der Waals surface area contributed by atoms with Crippen LogP contribution in [0.25, 0.3) is 0 Å². The maximum absolute atomic E-state index is 12.0. The molecule has 0 aromatic heterocycles. The molecule has 0 radical (unpaired) electrons. The van der Waals surface area contributed by atoms with Gasteiger partial charge in [0.05, 0.1) is 0 Å². The molecule has 0 aromatic carbocycles. The number of carbonyl (C=O) groups is 2. The van der Waals surface area contributed by atoms with E-state index in [0.717, 1.165) is 0 Å². The zero-order valence-electron chi connectivity index (χ0n) is 11.7. The van der Waals surface area contributed by atoms with Crippen molar-refractivity contribution in [2.45, 2.75) is 26.2 Å². The molecule has 0 rings (SSSR count). The summed E-state index contributed by atoms with van der Waals surface area (Å²) in [5.74, 6) is -4.03. The molecule has 126 valence electrons. The van der Waals surface area contributed by atoms with Gasteiger partial charge < -0.3 is 10.6 Å². The summed E-state index contributed by atoms with van der Waals surface area (Å²) in [6.45, 7) is 2.55. The van der Waals surface area contributed by atoms with E-state index in [1.165, 1.54) is 13.8 Å². The van der Waals surface area contributed by atoms with Crippen LogP contribution >= 0.6 is 0 Å². The number of hydrogen-bond acceptors (Lipinski definition) is 4. The summed E-state index contributed by atoms with van der Waals surface area (Å²) >= 11 is 0. The van der Waals surface area contributed by atoms with Gasteiger partial charge in [0.15, 0.2) is 0 Å². The Morgan fingerprint density at radius 2 is 1.05 bits per heavy atom. The molecule has 0 unspecified atom stereocenters. The molecule has 2 N–H and O–H groups in total. The van der Waals surface area contributed by atoms with E-state index in [0.29, 0.717) is 12.2 Å². The van der Waals surface area contributed by atoms with Crippen LogP contribution < -0.4 is 10.6 Å². The lowest BCUT2D eigenvalue weighted by Gasteiger charge is -2.10. The minimum atomic E-state index is -4.96. The van der Waals surface area contributed by atoms with Gasteiger partial charge in [-0.25, -0.2) is 0 Å². The highest BCUT2D eigenvalue weighted by atomic mass is 19.4. The Morgan fingerprint density at radius 1 is 0.773 bits per heavy atom. The fourth-order valence-electron chi connectivity index (χ4n) is 1.18. The third-order valence-electron chi connectivity index (χ3n) is 2.19. The molecule has 0 amide bonds. The maximum Gasteiger partial charge on any atom is 0.454 e. The minimum absolute atomic E-state index is 0.0405. The number of halogens is 6. The van der Waals surface area contributed by atoms with E-state index >= 15 is 0 Å². The molecule has 0 aromatic rings. The Hall–Kier alpha value is -2.00. The van der Waals surface area contributed by atoms with E-state index in [-0.39, 0.29) is 24.5 Å². The SMILES string of the molecule is C/C(=C\C(=O)C(F)(F)F)NCCN/C(C)=C/C(=O)C(F)(F)F. The van der Waals surface area contributed by atoms with Crippen molar-refractivity contribution in [1.29, 1.82) is 0 Å². The van der Waals surface area contributed by atoms with Crippen molar-refractivity contribution in [3.05, 3.63) is 23.5 Å². The topological polar surface area (TPSA) is 58.2 Å². The molecule has 4 nitrogen and oxygen atoms in total. The van der Waals surface area contributed by atoms with Crippen LogP contribution in [0.5, 0.6) is 0 Å². The minimum Gasteiger partial charge on any atom is -0.387 e. The number of rotatable bonds is 7. The molecular formula is C12H14F6N2O2. The molecular weight excluding hydrogens is 318 g/mol. The van der Waals surface area contributed by atoms with Crippen LogP contribution in [0.1, 0.15) is 13.8 Å². The second-order valence-corrected chi connectivity index (χ2v) is 4.23. The second kappa shape index (κ2) is 7.85. The Morgan fingerprint density at radius 3 is 1.27 bits per heavy atom. The molecule has 0 bridgehead atoms. The van der Waals surface area contributed by atoms with E-state index < -0.39 is 23.9 Å². The number of ketones is 2. The van der Waals surface area contributed by atoms with Gasteiger partial charge in [0.2, 0.25) is 0 Å². The highest BCUT2D eigenvalue weighted by Gasteiger charge is 2.37. The predicted molar refractivity (Wildman–Crippen MR) is 65.6 cm³/mol. The average Bonchev–Trinajstić information content (AvgIpc) is 2.32. The first kappa shape index (κ1) is 20.0. The summed E-state index contributed by atoms with van der Waals surface area (Å²) in [6.07, 6.45) is -9.18. The maximum atomic E-state index is 12.0. The van der Waals surface area contributed by atoms with E-state index in [1.54, 1.807) is 0 Å². The van der Waals surface area contributed by atoms with Crippen LogP contribution in [-0.2, 0) is 9.59 Å². The van der Waals surface area contributed by atoms with Gasteiger partial charge in [0, 0.05) is 36.6 Å². The molecule has 0 heterocycles. The number of nitrogens with one attached hydrogen (secondary N) is 2. The molecule has 0 aliphatic heterocycles. The van der Waals surface area contributed by atoms with Gasteiger partial charge in [-0.1, -0.05) is 0 Å². The van der Waals surface area contributed by atoms with E-state index in [1.807, 2.05) is 0 Å². The fourth-order valence-corrected chi connectivity index (χ4v) is 1.18. The number of hydrogen-bond donors (Lipinski definition) is 2. The van der Waals surface area contributed by atoms with E-state index in [9.17, 15) is 35.9 Å². The van der Waals surface area contributed by atoms with Crippen molar-refractivity contribution in [2.75, 3.05) is 13.1 Å². The van der Waals surface area contributed by atoms with Gasteiger partial charge in [0.1, 0.15) is 0 Å². The third kappa shape index (κ3) is 8.32. The first-order chi connectivity index (χ1) is 9.84. The molecule has 0 aliphatic carbocycles. The summed E-state index contributed by atoms with van der Waals surface area (Å²) < 4.78 is 71.7. The molecule has 0 saturated heterocycles. The predicted octanol–water partition coefficient (Wildman–Crippen LogP) is 2.24. The normalized spacial score (nSPS) is 13.8. The van der Waals surface area contributed by atoms with Crippen molar-refractivity contribution in [3.8, 4) is 0 Å². The van der Waals surface area contributed by atoms with Crippen LogP contribution in [0.4, 0.5) is 26.3 Å². The third-order valence-corrected chi connectivity index (χ3v) is 2.19. The molecule has 0 aliphatic rings. The highest BCUT2D eigenvalue weighted by Crippen LogP contribution is 2.17. The monoisotopic (exact) mass is 332 g/mol. The lowest BCUT2D eigenvalue weighted by molar-refractivity contribution is -0.165. The highest BCUT2D eigenvalue weighted by molar-refractivity contribution is 5.95. The van der Waals surface area contributed by atoms with Crippen molar-refractivity contribution in [2.24, 2.45) is 0 Å². The molecule has 0 saturated carbocycles. The van der Waals surface area contributed by atoms with Crippen LogP contribution in [0.15, 0.2) is 23.5 Å². The Bertz CT molecular complexity index is 433. The van der Waals surface area contributed by atoms with Gasteiger partial charge in [-0.15, -0.1) is 0 Å². The Kier molecular flexibility index (Phi) is 7.14. The number of allylic oxidation sites excluding steroid dienone is 4. The van der Waals surface area contributed by atoms with Gasteiger partial charge in [-0.2, -0.15) is 26.3 Å². The summed E-state index contributed by atoms with van der Waals surface area (Å²) in [5, 5.41) is 4.94. The Labute approximate surface area is 122 Å². The van der Waals surface area contributed by atoms with Crippen LogP contribution in [0.3, 0.4) is 0 Å². The summed E-state index contributed by atoms with van der Waals surface area (Å²) in [7, 11) is 0. The van der Waals surface area contributed by atoms with E-state index in [2.05, 4.69) is 10.6 Å². The summed E-state index contributed by atoms with van der Waals surface area (Å²) in [4.78, 5) is 21.2. The molecule has 0 atom stereocenters. The first-order valence-corrected chi connectivity index (χ1v) is 5.90. The standard InChI is InChI=1S/C12H14F6N2O2/c1-7(5-9(21)11(13,14)15)19-3-4-20-8(2)6-10(22)12(16,17)18/h5-6,19-20H,3-4H2,1-2H3/b7-5+,8-6+. The van der Waals surface area contributed by atoms with Crippen molar-refractivity contribution in [3.63, 3.8) is 0 Å². The summed E-state index contributed by atoms with van der Waals surface area (Å²) in [5.41, 5.74) is -0.0887. The smallest absolute Gasteiger partial charge is 0.387 e. The average molecular weight is 332 g/mol. The molecule has 0 spiro atoms. The zero-order chi connectivity index (χ0) is 17.6. The lowest BCUT2D eigenvalue weighted by atomic mass is 10.3. The Balaban J connectivity index is 4.24. The van der Waals surface area contributed by atoms with Gasteiger partial charge in [-0.05, 0) is 13.8 Å². The summed E-state index contributed by atoms with van der Waals surface area (Å²) in [6, 6.07) is 0. The molecule has 10 heteroatoms. The largest absolute Gasteiger partial charge is 0.454 e. The van der Waals surface area contributed by atoms with Crippen molar-refractivity contribution < 1.29 is 35.9 Å². The van der Waals surface area contributed by atoms with Crippen LogP contribution in [0, 0.1) is 0 Å². The number of carbonyl (C=O) groups excluding carboxylic acids is 2. The molecule has 22 heavy (non-hydrogen) atoms. The van der Waals surface area contributed by atoms with Gasteiger partial charge in [0.25, 0.3) is 11.6 Å². The van der Waals surface area contributed by atoms with Crippen LogP contribution in [-0.4, -0.2) is 37.0 Å². The first-order valence-electron chi connectivity index (χ1n) is 5.90. The van der Waals surface area contributed by atoms with Gasteiger partial charge in [-0.3, -0.25) is 9.59 Å². The quantitative estimate of drug-likeness (QED) is 0.426. The molecule has 0 fully saturated rings.